The van der Waals surface area contributed by atoms with Crippen LogP contribution in [0, 0.1) is 5.82 Å². The lowest BCUT2D eigenvalue weighted by atomic mass is 10.1. The molecule has 1 heterocycles. The van der Waals surface area contributed by atoms with Gasteiger partial charge in [-0.3, -0.25) is 4.98 Å². The van der Waals surface area contributed by atoms with Crippen molar-refractivity contribution in [3.8, 4) is 0 Å². The number of rotatable bonds is 2. The van der Waals surface area contributed by atoms with E-state index in [9.17, 15) is 4.39 Å². The van der Waals surface area contributed by atoms with E-state index in [-0.39, 0.29) is 12.4 Å². The van der Waals surface area contributed by atoms with E-state index in [1.165, 1.54) is 6.07 Å². The molecule has 2 nitrogen and oxygen atoms in total. The number of hydrogen-bond acceptors (Lipinski definition) is 2. The molecule has 0 amide bonds. The van der Waals surface area contributed by atoms with Gasteiger partial charge >= 0.3 is 0 Å². The lowest BCUT2D eigenvalue weighted by molar-refractivity contribution is 0.275. The molecule has 0 unspecified atom stereocenters. The number of halogens is 1. The van der Waals surface area contributed by atoms with Crippen molar-refractivity contribution in [2.24, 2.45) is 0 Å². The average molecular weight is 167 g/mol. The molecule has 3 heteroatoms. The second-order valence-corrected chi connectivity index (χ2v) is 3.12. The second-order valence-electron chi connectivity index (χ2n) is 3.12. The van der Waals surface area contributed by atoms with Gasteiger partial charge in [-0.15, -0.1) is 0 Å². The van der Waals surface area contributed by atoms with Gasteiger partial charge in [-0.05, 0) is 30.4 Å². The fraction of sp³-hybridized carbons (Fsp3) is 0.444. The smallest absolute Gasteiger partial charge is 0.141 e. The zero-order chi connectivity index (χ0) is 8.55. The highest BCUT2D eigenvalue weighted by Gasteiger charge is 2.26. The van der Waals surface area contributed by atoms with Gasteiger partial charge in [-0.2, -0.15) is 0 Å². The van der Waals surface area contributed by atoms with Crippen molar-refractivity contribution >= 4 is 0 Å². The lowest BCUT2D eigenvalue weighted by Crippen LogP contribution is -1.97. The Kier molecular flexibility index (Phi) is 1.81. The molecule has 64 valence electrons. The molecule has 1 aromatic rings. The molecule has 0 aromatic carbocycles. The largest absolute Gasteiger partial charge is 0.390 e. The monoisotopic (exact) mass is 167 g/mol. The normalized spacial score (nSPS) is 16.5. The molecule has 0 saturated heterocycles. The molecule has 1 saturated carbocycles. The van der Waals surface area contributed by atoms with Crippen LogP contribution in [0.25, 0.3) is 0 Å². The summed E-state index contributed by atoms with van der Waals surface area (Å²) in [5, 5.41) is 8.90. The Labute approximate surface area is 70.1 Å². The summed E-state index contributed by atoms with van der Waals surface area (Å²) in [6.07, 6.45) is 3.34. The first-order valence-electron chi connectivity index (χ1n) is 4.06. The number of aliphatic hydroxyl groups excluding tert-OH is 1. The van der Waals surface area contributed by atoms with E-state index in [0.717, 1.165) is 24.6 Å². The highest BCUT2D eigenvalue weighted by molar-refractivity contribution is 5.27. The van der Waals surface area contributed by atoms with Gasteiger partial charge in [0.1, 0.15) is 5.82 Å². The van der Waals surface area contributed by atoms with Crippen LogP contribution < -0.4 is 0 Å². The van der Waals surface area contributed by atoms with Crippen molar-refractivity contribution < 1.29 is 9.50 Å². The Morgan fingerprint density at radius 3 is 2.92 bits per heavy atom. The van der Waals surface area contributed by atoms with Crippen molar-refractivity contribution in [3.63, 3.8) is 0 Å². The number of nitrogens with zero attached hydrogens (tertiary/aromatic N) is 1. The van der Waals surface area contributed by atoms with Crippen LogP contribution >= 0.6 is 0 Å². The summed E-state index contributed by atoms with van der Waals surface area (Å²) in [4.78, 5) is 3.83. The maximum atomic E-state index is 12.7. The number of aromatic nitrogens is 1. The van der Waals surface area contributed by atoms with E-state index in [2.05, 4.69) is 4.98 Å². The maximum Gasteiger partial charge on any atom is 0.141 e. The average Bonchev–Trinajstić information content (AvgIpc) is 2.87. The fourth-order valence-corrected chi connectivity index (χ4v) is 1.36. The highest BCUT2D eigenvalue weighted by atomic mass is 19.1. The quantitative estimate of drug-likeness (QED) is 0.725. The Bertz CT molecular complexity index is 297. The molecule has 0 aliphatic heterocycles. The number of aliphatic hydroxyl groups is 1. The predicted molar refractivity (Wildman–Crippen MR) is 42.1 cm³/mol. The van der Waals surface area contributed by atoms with Gasteiger partial charge in [-0.25, -0.2) is 4.39 Å². The van der Waals surface area contributed by atoms with Gasteiger partial charge in [0.15, 0.2) is 0 Å². The highest BCUT2D eigenvalue weighted by Crippen LogP contribution is 2.41. The van der Waals surface area contributed by atoms with Crippen LogP contribution in [0.4, 0.5) is 4.39 Å². The van der Waals surface area contributed by atoms with Gasteiger partial charge in [0, 0.05) is 0 Å². The minimum atomic E-state index is -0.311. The van der Waals surface area contributed by atoms with Gasteiger partial charge in [0.2, 0.25) is 0 Å². The van der Waals surface area contributed by atoms with Crippen LogP contribution in [0.2, 0.25) is 0 Å². The second kappa shape index (κ2) is 2.83. The summed E-state index contributed by atoms with van der Waals surface area (Å²) in [5.74, 6) is 0.129. The first-order valence-corrected chi connectivity index (χ1v) is 4.06. The van der Waals surface area contributed by atoms with Gasteiger partial charge in [0.25, 0.3) is 0 Å². The Balaban J connectivity index is 2.39. The van der Waals surface area contributed by atoms with E-state index >= 15 is 0 Å². The third-order valence-electron chi connectivity index (χ3n) is 2.14. The van der Waals surface area contributed by atoms with E-state index in [4.69, 9.17) is 5.11 Å². The van der Waals surface area contributed by atoms with Crippen molar-refractivity contribution in [1.29, 1.82) is 0 Å². The summed E-state index contributed by atoms with van der Waals surface area (Å²) in [5.41, 5.74) is 1.51. The van der Waals surface area contributed by atoms with Crippen LogP contribution in [0.15, 0.2) is 12.3 Å². The maximum absolute atomic E-state index is 12.7. The zero-order valence-corrected chi connectivity index (χ0v) is 6.63. The van der Waals surface area contributed by atoms with E-state index in [1.54, 1.807) is 0 Å². The zero-order valence-electron chi connectivity index (χ0n) is 6.63. The van der Waals surface area contributed by atoms with Crippen molar-refractivity contribution in [2.45, 2.75) is 25.4 Å². The predicted octanol–water partition coefficient (Wildman–Crippen LogP) is 1.59. The SMILES string of the molecule is OCc1ncc(F)cc1C1CC1. The molecule has 1 aliphatic carbocycles. The lowest BCUT2D eigenvalue weighted by Gasteiger charge is -2.03. The minimum Gasteiger partial charge on any atom is -0.390 e. The molecule has 1 N–H and O–H groups in total. The van der Waals surface area contributed by atoms with E-state index in [0.29, 0.717) is 11.6 Å². The molecule has 1 aliphatic rings. The Morgan fingerprint density at radius 1 is 1.58 bits per heavy atom. The molecule has 1 aromatic heterocycles. The van der Waals surface area contributed by atoms with Crippen LogP contribution in [0.5, 0.6) is 0 Å². The van der Waals surface area contributed by atoms with Gasteiger partial charge in [-0.1, -0.05) is 0 Å². The fourth-order valence-electron chi connectivity index (χ4n) is 1.36. The topological polar surface area (TPSA) is 33.1 Å². The molecular weight excluding hydrogens is 157 g/mol. The summed E-state index contributed by atoms with van der Waals surface area (Å²) in [6, 6.07) is 1.48. The van der Waals surface area contributed by atoms with E-state index in [1.807, 2.05) is 0 Å². The minimum absolute atomic E-state index is 0.0912. The van der Waals surface area contributed by atoms with E-state index < -0.39 is 0 Å². The molecule has 0 radical (unpaired) electrons. The Morgan fingerprint density at radius 2 is 2.33 bits per heavy atom. The van der Waals surface area contributed by atoms with Crippen LogP contribution in [0.1, 0.15) is 30.0 Å². The standard InChI is InChI=1S/C9H10FNO/c10-7-3-8(6-1-2-6)9(5-12)11-4-7/h3-4,6,12H,1-2,5H2. The van der Waals surface area contributed by atoms with Crippen molar-refractivity contribution in [3.05, 3.63) is 29.3 Å². The van der Waals surface area contributed by atoms with Gasteiger partial charge < -0.3 is 5.11 Å². The molecule has 1 fully saturated rings. The third-order valence-corrected chi connectivity index (χ3v) is 2.14. The summed E-state index contributed by atoms with van der Waals surface area (Å²) >= 11 is 0. The van der Waals surface area contributed by atoms with Gasteiger partial charge in [0.05, 0.1) is 18.5 Å². The Hall–Kier alpha value is -0.960. The summed E-state index contributed by atoms with van der Waals surface area (Å²) in [6.45, 7) is -0.0912. The molecule has 0 spiro atoms. The first kappa shape index (κ1) is 7.68. The van der Waals surface area contributed by atoms with Crippen molar-refractivity contribution in [1.82, 2.24) is 4.98 Å². The first-order chi connectivity index (χ1) is 5.81. The van der Waals surface area contributed by atoms with Crippen LogP contribution in [-0.4, -0.2) is 10.1 Å². The molecule has 12 heavy (non-hydrogen) atoms. The molecular formula is C9H10FNO. The van der Waals surface area contributed by atoms with Crippen LogP contribution in [0.3, 0.4) is 0 Å². The third kappa shape index (κ3) is 1.32. The molecule has 2 rings (SSSR count). The summed E-state index contributed by atoms with van der Waals surface area (Å²) in [7, 11) is 0. The van der Waals surface area contributed by atoms with Crippen molar-refractivity contribution in [2.75, 3.05) is 0 Å². The van der Waals surface area contributed by atoms with Crippen LogP contribution in [-0.2, 0) is 6.61 Å². The molecule has 0 bridgehead atoms. The number of hydrogen-bond donors (Lipinski definition) is 1. The summed E-state index contributed by atoms with van der Waals surface area (Å²) < 4.78 is 12.7. The number of pyridine rings is 1. The molecule has 0 atom stereocenters.